The van der Waals surface area contributed by atoms with Crippen LogP contribution in [0.15, 0.2) is 0 Å². The SMILES string of the molecule is CCN(Cc1c(C)nn(C)c1N)C(C)C. The molecule has 1 aromatic rings. The van der Waals surface area contributed by atoms with Gasteiger partial charge < -0.3 is 5.73 Å². The molecule has 0 bridgehead atoms. The van der Waals surface area contributed by atoms with Crippen LogP contribution in [0.2, 0.25) is 0 Å². The maximum absolute atomic E-state index is 5.98. The van der Waals surface area contributed by atoms with Gasteiger partial charge in [0.15, 0.2) is 0 Å². The number of nitrogens with zero attached hydrogens (tertiary/aromatic N) is 3. The molecule has 1 rings (SSSR count). The zero-order valence-corrected chi connectivity index (χ0v) is 10.4. The number of rotatable bonds is 4. The monoisotopic (exact) mass is 210 g/mol. The van der Waals surface area contributed by atoms with Gasteiger partial charge in [-0.1, -0.05) is 6.92 Å². The van der Waals surface area contributed by atoms with Crippen LogP contribution in [0.25, 0.3) is 0 Å². The summed E-state index contributed by atoms with van der Waals surface area (Å²) in [6.07, 6.45) is 0. The van der Waals surface area contributed by atoms with Crippen LogP contribution in [-0.2, 0) is 13.6 Å². The van der Waals surface area contributed by atoms with E-state index in [1.807, 2.05) is 14.0 Å². The molecular formula is C11H22N4. The van der Waals surface area contributed by atoms with E-state index in [4.69, 9.17) is 5.73 Å². The van der Waals surface area contributed by atoms with Gasteiger partial charge in [-0.25, -0.2) is 0 Å². The number of anilines is 1. The van der Waals surface area contributed by atoms with Crippen molar-refractivity contribution in [2.24, 2.45) is 7.05 Å². The minimum Gasteiger partial charge on any atom is -0.384 e. The van der Waals surface area contributed by atoms with E-state index in [2.05, 4.69) is 30.8 Å². The van der Waals surface area contributed by atoms with Gasteiger partial charge in [0.25, 0.3) is 0 Å². The van der Waals surface area contributed by atoms with Crippen molar-refractivity contribution in [1.82, 2.24) is 14.7 Å². The summed E-state index contributed by atoms with van der Waals surface area (Å²) in [4.78, 5) is 2.38. The molecule has 0 fully saturated rings. The zero-order valence-electron chi connectivity index (χ0n) is 10.4. The second-order valence-electron chi connectivity index (χ2n) is 4.23. The van der Waals surface area contributed by atoms with Gasteiger partial charge >= 0.3 is 0 Å². The Morgan fingerprint density at radius 3 is 2.40 bits per heavy atom. The summed E-state index contributed by atoms with van der Waals surface area (Å²) in [6.45, 7) is 10.5. The highest BCUT2D eigenvalue weighted by Crippen LogP contribution is 2.18. The molecule has 15 heavy (non-hydrogen) atoms. The highest BCUT2D eigenvalue weighted by molar-refractivity contribution is 5.42. The first kappa shape index (κ1) is 12.0. The van der Waals surface area contributed by atoms with E-state index in [0.717, 1.165) is 30.2 Å². The van der Waals surface area contributed by atoms with Crippen LogP contribution in [0, 0.1) is 6.92 Å². The van der Waals surface area contributed by atoms with E-state index >= 15 is 0 Å². The Labute approximate surface area is 92.1 Å². The molecule has 4 heteroatoms. The van der Waals surface area contributed by atoms with Crippen LogP contribution in [0.4, 0.5) is 5.82 Å². The molecule has 0 aromatic carbocycles. The molecule has 0 aliphatic heterocycles. The molecule has 0 unspecified atom stereocenters. The van der Waals surface area contributed by atoms with Gasteiger partial charge in [-0.15, -0.1) is 0 Å². The van der Waals surface area contributed by atoms with Crippen LogP contribution in [-0.4, -0.2) is 27.3 Å². The van der Waals surface area contributed by atoms with Gasteiger partial charge in [0.1, 0.15) is 5.82 Å². The molecular weight excluding hydrogens is 188 g/mol. The van der Waals surface area contributed by atoms with Crippen molar-refractivity contribution < 1.29 is 0 Å². The first-order chi connectivity index (χ1) is 6.97. The van der Waals surface area contributed by atoms with Crippen molar-refractivity contribution in [2.75, 3.05) is 12.3 Å². The van der Waals surface area contributed by atoms with Gasteiger partial charge in [0.2, 0.25) is 0 Å². The van der Waals surface area contributed by atoms with Crippen LogP contribution in [0.5, 0.6) is 0 Å². The predicted octanol–water partition coefficient (Wildman–Crippen LogP) is 1.54. The fraction of sp³-hybridized carbons (Fsp3) is 0.727. The van der Waals surface area contributed by atoms with Gasteiger partial charge in [-0.05, 0) is 27.3 Å². The average molecular weight is 210 g/mol. The topological polar surface area (TPSA) is 47.1 Å². The molecule has 1 heterocycles. The van der Waals surface area contributed by atoms with E-state index in [1.165, 1.54) is 0 Å². The molecule has 4 nitrogen and oxygen atoms in total. The van der Waals surface area contributed by atoms with E-state index < -0.39 is 0 Å². The molecule has 0 spiro atoms. The summed E-state index contributed by atoms with van der Waals surface area (Å²) in [5.74, 6) is 0.784. The highest BCUT2D eigenvalue weighted by atomic mass is 15.3. The Balaban J connectivity index is 2.88. The fourth-order valence-electron chi connectivity index (χ4n) is 1.78. The summed E-state index contributed by atoms with van der Waals surface area (Å²) >= 11 is 0. The van der Waals surface area contributed by atoms with Crippen molar-refractivity contribution in [1.29, 1.82) is 0 Å². The minimum atomic E-state index is 0.536. The second-order valence-corrected chi connectivity index (χ2v) is 4.23. The lowest BCUT2D eigenvalue weighted by Gasteiger charge is -2.24. The third-order valence-electron chi connectivity index (χ3n) is 2.89. The highest BCUT2D eigenvalue weighted by Gasteiger charge is 2.15. The number of nitrogens with two attached hydrogens (primary N) is 1. The molecule has 86 valence electrons. The standard InChI is InChI=1S/C11H22N4/c1-6-15(8(2)3)7-10-9(4)13-14(5)11(10)12/h8H,6-7,12H2,1-5H3. The maximum atomic E-state index is 5.98. The Bertz CT molecular complexity index is 328. The summed E-state index contributed by atoms with van der Waals surface area (Å²) < 4.78 is 1.75. The van der Waals surface area contributed by atoms with Gasteiger partial charge in [-0.3, -0.25) is 9.58 Å². The lowest BCUT2D eigenvalue weighted by molar-refractivity contribution is 0.225. The molecule has 2 N–H and O–H groups in total. The summed E-state index contributed by atoms with van der Waals surface area (Å²) in [6, 6.07) is 0.536. The Kier molecular flexibility index (Phi) is 3.74. The van der Waals surface area contributed by atoms with E-state index in [1.54, 1.807) is 4.68 Å². The average Bonchev–Trinajstić information content (AvgIpc) is 2.39. The molecule has 1 aromatic heterocycles. The summed E-state index contributed by atoms with van der Waals surface area (Å²) in [5, 5.41) is 4.32. The van der Waals surface area contributed by atoms with Crippen LogP contribution < -0.4 is 5.73 Å². The molecule has 0 radical (unpaired) electrons. The fourth-order valence-corrected chi connectivity index (χ4v) is 1.78. The molecule has 0 aliphatic rings. The molecule has 0 aliphatic carbocycles. The number of aryl methyl sites for hydroxylation is 2. The normalized spacial score (nSPS) is 11.7. The first-order valence-corrected chi connectivity index (χ1v) is 5.49. The van der Waals surface area contributed by atoms with E-state index in [0.29, 0.717) is 6.04 Å². The predicted molar refractivity (Wildman–Crippen MR) is 63.6 cm³/mol. The third-order valence-corrected chi connectivity index (χ3v) is 2.89. The Morgan fingerprint density at radius 1 is 1.47 bits per heavy atom. The summed E-state index contributed by atoms with van der Waals surface area (Å²) in [5.41, 5.74) is 8.18. The van der Waals surface area contributed by atoms with E-state index in [9.17, 15) is 0 Å². The number of nitrogen functional groups attached to an aromatic ring is 1. The van der Waals surface area contributed by atoms with Crippen LogP contribution >= 0.6 is 0 Å². The summed E-state index contributed by atoms with van der Waals surface area (Å²) in [7, 11) is 1.89. The largest absolute Gasteiger partial charge is 0.384 e. The zero-order chi connectivity index (χ0) is 11.6. The lowest BCUT2D eigenvalue weighted by atomic mass is 10.2. The quantitative estimate of drug-likeness (QED) is 0.820. The van der Waals surface area contributed by atoms with Crippen molar-refractivity contribution in [3.8, 4) is 0 Å². The van der Waals surface area contributed by atoms with Gasteiger partial charge in [0, 0.05) is 25.2 Å². The Morgan fingerprint density at radius 2 is 2.07 bits per heavy atom. The van der Waals surface area contributed by atoms with Crippen molar-refractivity contribution >= 4 is 5.82 Å². The van der Waals surface area contributed by atoms with Crippen LogP contribution in [0.1, 0.15) is 32.0 Å². The number of aromatic nitrogens is 2. The smallest absolute Gasteiger partial charge is 0.126 e. The van der Waals surface area contributed by atoms with Gasteiger partial charge in [0.05, 0.1) is 5.69 Å². The molecule has 0 saturated carbocycles. The lowest BCUT2D eigenvalue weighted by Crippen LogP contribution is -2.30. The van der Waals surface area contributed by atoms with E-state index in [-0.39, 0.29) is 0 Å². The van der Waals surface area contributed by atoms with Crippen molar-refractivity contribution in [2.45, 2.75) is 40.3 Å². The van der Waals surface area contributed by atoms with Crippen LogP contribution in [0.3, 0.4) is 0 Å². The van der Waals surface area contributed by atoms with Crippen molar-refractivity contribution in [3.05, 3.63) is 11.3 Å². The molecule has 0 saturated heterocycles. The molecule has 0 atom stereocenters. The van der Waals surface area contributed by atoms with Crippen molar-refractivity contribution in [3.63, 3.8) is 0 Å². The third kappa shape index (κ3) is 2.50. The van der Waals surface area contributed by atoms with Gasteiger partial charge in [-0.2, -0.15) is 5.10 Å². The minimum absolute atomic E-state index is 0.536. The number of hydrogen-bond donors (Lipinski definition) is 1. The first-order valence-electron chi connectivity index (χ1n) is 5.49. The second kappa shape index (κ2) is 4.66. The number of hydrogen-bond acceptors (Lipinski definition) is 3. The Hall–Kier alpha value is -1.03. The maximum Gasteiger partial charge on any atom is 0.126 e. The molecule has 0 amide bonds.